The molecule has 0 aliphatic carbocycles. The molecule has 0 saturated carbocycles. The lowest BCUT2D eigenvalue weighted by atomic mass is 10.0. The SMILES string of the molecule is CC(C)C[C@H](N)C(=O)NNC(C)C. The highest BCUT2D eigenvalue weighted by molar-refractivity contribution is 5.80. The molecule has 0 heterocycles. The molecule has 0 saturated heterocycles. The van der Waals surface area contributed by atoms with Crippen molar-refractivity contribution in [3.8, 4) is 0 Å². The summed E-state index contributed by atoms with van der Waals surface area (Å²) in [6.45, 7) is 7.99. The number of hydrogen-bond donors (Lipinski definition) is 3. The van der Waals surface area contributed by atoms with Crippen LogP contribution >= 0.6 is 0 Å². The summed E-state index contributed by atoms with van der Waals surface area (Å²) in [6, 6.07) is -0.179. The zero-order chi connectivity index (χ0) is 10.4. The van der Waals surface area contributed by atoms with Crippen LogP contribution in [0.5, 0.6) is 0 Å². The number of nitrogens with one attached hydrogen (secondary N) is 2. The smallest absolute Gasteiger partial charge is 0.250 e. The maximum absolute atomic E-state index is 11.3. The van der Waals surface area contributed by atoms with E-state index in [9.17, 15) is 4.79 Å². The van der Waals surface area contributed by atoms with E-state index >= 15 is 0 Å². The molecule has 4 nitrogen and oxygen atoms in total. The minimum atomic E-state index is -0.411. The monoisotopic (exact) mass is 187 g/mol. The fourth-order valence-electron chi connectivity index (χ4n) is 0.923. The molecule has 78 valence electrons. The lowest BCUT2D eigenvalue weighted by molar-refractivity contribution is -0.123. The van der Waals surface area contributed by atoms with Crippen molar-refractivity contribution in [3.05, 3.63) is 0 Å². The van der Waals surface area contributed by atoms with Gasteiger partial charge < -0.3 is 5.73 Å². The van der Waals surface area contributed by atoms with Gasteiger partial charge in [-0.15, -0.1) is 0 Å². The van der Waals surface area contributed by atoms with Gasteiger partial charge in [-0.05, 0) is 26.2 Å². The van der Waals surface area contributed by atoms with Crippen LogP contribution in [0.25, 0.3) is 0 Å². The van der Waals surface area contributed by atoms with Crippen LogP contribution in [-0.2, 0) is 4.79 Å². The Labute approximate surface area is 80.2 Å². The molecule has 1 atom stereocenters. The summed E-state index contributed by atoms with van der Waals surface area (Å²) >= 11 is 0. The first-order valence-electron chi connectivity index (χ1n) is 4.74. The van der Waals surface area contributed by atoms with Gasteiger partial charge in [-0.2, -0.15) is 0 Å². The number of amides is 1. The van der Waals surface area contributed by atoms with E-state index in [0.717, 1.165) is 0 Å². The van der Waals surface area contributed by atoms with Crippen LogP contribution in [0, 0.1) is 5.92 Å². The summed E-state index contributed by atoms with van der Waals surface area (Å²) in [5.74, 6) is 0.308. The van der Waals surface area contributed by atoms with Gasteiger partial charge in [0.2, 0.25) is 0 Å². The summed E-state index contributed by atoms with van der Waals surface area (Å²) in [7, 11) is 0. The first-order valence-corrected chi connectivity index (χ1v) is 4.74. The Morgan fingerprint density at radius 3 is 2.23 bits per heavy atom. The van der Waals surface area contributed by atoms with Gasteiger partial charge >= 0.3 is 0 Å². The van der Waals surface area contributed by atoms with E-state index in [1.807, 2.05) is 27.7 Å². The van der Waals surface area contributed by atoms with Crippen molar-refractivity contribution in [3.63, 3.8) is 0 Å². The number of carbonyl (C=O) groups is 1. The van der Waals surface area contributed by atoms with Gasteiger partial charge in [0.1, 0.15) is 0 Å². The summed E-state index contributed by atoms with van der Waals surface area (Å²) in [5, 5.41) is 0. The van der Waals surface area contributed by atoms with E-state index in [2.05, 4.69) is 10.9 Å². The Morgan fingerprint density at radius 2 is 1.85 bits per heavy atom. The van der Waals surface area contributed by atoms with Crippen molar-refractivity contribution in [1.82, 2.24) is 10.9 Å². The topological polar surface area (TPSA) is 67.2 Å². The Hall–Kier alpha value is -0.610. The van der Waals surface area contributed by atoms with Crippen LogP contribution in [0.15, 0.2) is 0 Å². The summed E-state index contributed by atoms with van der Waals surface area (Å²) in [5.41, 5.74) is 11.0. The average Bonchev–Trinajstić information content (AvgIpc) is 1.98. The molecule has 1 amide bonds. The maximum atomic E-state index is 11.3. The van der Waals surface area contributed by atoms with Crippen LogP contribution in [0.4, 0.5) is 0 Å². The summed E-state index contributed by atoms with van der Waals surface area (Å²) < 4.78 is 0. The standard InChI is InChI=1S/C9H21N3O/c1-6(2)5-8(10)9(13)12-11-7(3)4/h6-8,11H,5,10H2,1-4H3,(H,12,13)/t8-/m0/s1. The van der Waals surface area contributed by atoms with E-state index < -0.39 is 6.04 Å². The number of carbonyl (C=O) groups excluding carboxylic acids is 1. The molecule has 0 aromatic carbocycles. The third kappa shape index (κ3) is 6.54. The largest absolute Gasteiger partial charge is 0.320 e. The first-order chi connectivity index (χ1) is 5.93. The molecular weight excluding hydrogens is 166 g/mol. The molecule has 4 heteroatoms. The van der Waals surface area contributed by atoms with Crippen molar-refractivity contribution < 1.29 is 4.79 Å². The lowest BCUT2D eigenvalue weighted by Crippen LogP contribution is -2.49. The Morgan fingerprint density at radius 1 is 1.31 bits per heavy atom. The Kier molecular flexibility index (Phi) is 5.66. The number of hydrogen-bond acceptors (Lipinski definition) is 3. The molecule has 0 spiro atoms. The van der Waals surface area contributed by atoms with E-state index in [0.29, 0.717) is 12.3 Å². The van der Waals surface area contributed by atoms with E-state index in [-0.39, 0.29) is 11.9 Å². The fraction of sp³-hybridized carbons (Fsp3) is 0.889. The molecule has 0 aliphatic heterocycles. The van der Waals surface area contributed by atoms with Gasteiger partial charge in [0.25, 0.3) is 5.91 Å². The third-order valence-corrected chi connectivity index (χ3v) is 1.55. The fourth-order valence-corrected chi connectivity index (χ4v) is 0.923. The maximum Gasteiger partial charge on any atom is 0.250 e. The molecule has 0 radical (unpaired) electrons. The zero-order valence-electron chi connectivity index (χ0n) is 8.92. The number of rotatable bonds is 5. The van der Waals surface area contributed by atoms with Gasteiger partial charge in [-0.3, -0.25) is 10.2 Å². The molecule has 13 heavy (non-hydrogen) atoms. The Balaban J connectivity index is 3.69. The van der Waals surface area contributed by atoms with E-state index in [1.54, 1.807) is 0 Å². The van der Waals surface area contributed by atoms with Gasteiger partial charge in [-0.25, -0.2) is 5.43 Å². The Bertz CT molecular complexity index is 157. The van der Waals surface area contributed by atoms with Gasteiger partial charge in [0, 0.05) is 6.04 Å². The van der Waals surface area contributed by atoms with E-state index in [4.69, 9.17) is 5.73 Å². The van der Waals surface area contributed by atoms with Crippen molar-refractivity contribution in [2.45, 2.75) is 46.2 Å². The van der Waals surface area contributed by atoms with Crippen LogP contribution in [0.2, 0.25) is 0 Å². The number of nitrogens with two attached hydrogens (primary N) is 1. The predicted molar refractivity (Wildman–Crippen MR) is 53.8 cm³/mol. The molecule has 0 aliphatic rings. The van der Waals surface area contributed by atoms with Crippen LogP contribution in [0.1, 0.15) is 34.1 Å². The summed E-state index contributed by atoms with van der Waals surface area (Å²) in [6.07, 6.45) is 0.714. The normalized spacial score (nSPS) is 13.5. The van der Waals surface area contributed by atoms with Gasteiger partial charge in [0.05, 0.1) is 6.04 Å². The van der Waals surface area contributed by atoms with Gasteiger partial charge in [-0.1, -0.05) is 13.8 Å². The highest BCUT2D eigenvalue weighted by Crippen LogP contribution is 2.01. The second-order valence-electron chi connectivity index (χ2n) is 4.02. The quantitative estimate of drug-likeness (QED) is 0.545. The van der Waals surface area contributed by atoms with Crippen molar-refractivity contribution in [2.24, 2.45) is 11.7 Å². The molecule has 0 aromatic rings. The zero-order valence-corrected chi connectivity index (χ0v) is 8.92. The summed E-state index contributed by atoms with van der Waals surface area (Å²) in [4.78, 5) is 11.3. The van der Waals surface area contributed by atoms with Gasteiger partial charge in [0.15, 0.2) is 0 Å². The molecule has 0 unspecified atom stereocenters. The van der Waals surface area contributed by atoms with E-state index in [1.165, 1.54) is 0 Å². The molecule has 4 N–H and O–H groups in total. The molecule has 0 rings (SSSR count). The highest BCUT2D eigenvalue weighted by Gasteiger charge is 2.14. The lowest BCUT2D eigenvalue weighted by Gasteiger charge is -2.15. The third-order valence-electron chi connectivity index (χ3n) is 1.55. The van der Waals surface area contributed by atoms with Crippen molar-refractivity contribution >= 4 is 5.91 Å². The molecular formula is C9H21N3O. The molecule has 0 bridgehead atoms. The predicted octanol–water partition coefficient (Wildman–Crippen LogP) is 0.389. The van der Waals surface area contributed by atoms with Crippen LogP contribution < -0.4 is 16.6 Å². The average molecular weight is 187 g/mol. The second kappa shape index (κ2) is 5.94. The molecule has 0 aromatic heterocycles. The van der Waals surface area contributed by atoms with Crippen LogP contribution in [0.3, 0.4) is 0 Å². The minimum absolute atomic E-state index is 0.137. The minimum Gasteiger partial charge on any atom is -0.320 e. The second-order valence-corrected chi connectivity index (χ2v) is 4.02. The highest BCUT2D eigenvalue weighted by atomic mass is 16.2. The number of hydrazine groups is 1. The van der Waals surface area contributed by atoms with Crippen molar-refractivity contribution in [2.75, 3.05) is 0 Å². The van der Waals surface area contributed by atoms with Crippen molar-refractivity contribution in [1.29, 1.82) is 0 Å². The molecule has 0 fully saturated rings. The van der Waals surface area contributed by atoms with Crippen LogP contribution in [-0.4, -0.2) is 18.0 Å². The first kappa shape index (κ1) is 12.4.